The quantitative estimate of drug-likeness (QED) is 0.845. The molecule has 3 heterocycles. The van der Waals surface area contributed by atoms with Gasteiger partial charge in [0.15, 0.2) is 0 Å². The van der Waals surface area contributed by atoms with Crippen LogP contribution in [0.25, 0.3) is 0 Å². The molecule has 0 aliphatic carbocycles. The molecule has 4 rings (SSSR count). The molecule has 2 aromatic rings. The van der Waals surface area contributed by atoms with E-state index < -0.39 is 0 Å². The Bertz CT molecular complexity index is 826. The molecule has 0 bridgehead atoms. The largest absolute Gasteiger partial charge is 0.338 e. The second kappa shape index (κ2) is 5.95. The molecule has 2 aliphatic rings. The van der Waals surface area contributed by atoms with Crippen LogP contribution in [-0.4, -0.2) is 41.3 Å². The Hall–Kier alpha value is -2.76. The first-order chi connectivity index (χ1) is 12.1. The Morgan fingerprint density at radius 3 is 2.84 bits per heavy atom. The molecule has 1 spiro atoms. The van der Waals surface area contributed by atoms with Gasteiger partial charge in [0.25, 0.3) is 5.91 Å². The maximum Gasteiger partial charge on any atom is 0.255 e. The van der Waals surface area contributed by atoms with Crippen molar-refractivity contribution in [3.05, 3.63) is 60.2 Å². The molecular weight excluding hydrogens is 321 g/mol. The molecule has 1 atom stereocenters. The summed E-state index contributed by atoms with van der Waals surface area (Å²) in [5.41, 5.74) is 0.895. The molecule has 2 aliphatic heterocycles. The maximum atomic E-state index is 13.5. The number of benzene rings is 1. The zero-order valence-corrected chi connectivity index (χ0v) is 13.7. The van der Waals surface area contributed by atoms with Gasteiger partial charge in [0, 0.05) is 49.6 Å². The molecule has 5 nitrogen and oxygen atoms in total. The molecule has 0 N–H and O–H groups in total. The number of pyridine rings is 1. The van der Waals surface area contributed by atoms with Crippen molar-refractivity contribution in [2.24, 2.45) is 5.41 Å². The first-order valence-electron chi connectivity index (χ1n) is 8.32. The molecular formula is C19H18FN3O2. The fourth-order valence-electron chi connectivity index (χ4n) is 3.83. The standard InChI is InChI=1S/C19H18FN3O2/c20-15-4-1-5-16(9-15)23-13-19(10-17(23)24)6-8-22(12-19)18(25)14-3-2-7-21-11-14/h1-5,7,9,11H,6,8,10,12-13H2/t19-/m1/s1. The van der Waals surface area contributed by atoms with Crippen LogP contribution in [0.2, 0.25) is 0 Å². The fraction of sp³-hybridized carbons (Fsp3) is 0.316. The van der Waals surface area contributed by atoms with Crippen LogP contribution in [0.1, 0.15) is 23.2 Å². The smallest absolute Gasteiger partial charge is 0.255 e. The predicted molar refractivity (Wildman–Crippen MR) is 90.6 cm³/mol. The second-order valence-corrected chi connectivity index (χ2v) is 6.85. The first-order valence-corrected chi connectivity index (χ1v) is 8.32. The van der Waals surface area contributed by atoms with Crippen LogP contribution >= 0.6 is 0 Å². The van der Waals surface area contributed by atoms with Crippen molar-refractivity contribution in [3.8, 4) is 0 Å². The number of rotatable bonds is 2. The van der Waals surface area contributed by atoms with Crippen molar-refractivity contribution >= 4 is 17.5 Å². The number of nitrogens with zero attached hydrogens (tertiary/aromatic N) is 3. The van der Waals surface area contributed by atoms with Gasteiger partial charge in [-0.2, -0.15) is 0 Å². The molecule has 0 radical (unpaired) electrons. The summed E-state index contributed by atoms with van der Waals surface area (Å²) < 4.78 is 13.5. The molecule has 128 valence electrons. The van der Waals surface area contributed by atoms with Gasteiger partial charge in [-0.05, 0) is 36.8 Å². The van der Waals surface area contributed by atoms with Crippen LogP contribution in [0.15, 0.2) is 48.8 Å². The minimum absolute atomic E-state index is 0.0127. The SMILES string of the molecule is O=C(c1cccnc1)N1CC[C@@]2(CC(=O)N(c3cccc(F)c3)C2)C1. The Morgan fingerprint density at radius 2 is 2.08 bits per heavy atom. The lowest BCUT2D eigenvalue weighted by Gasteiger charge is -2.24. The van der Waals surface area contributed by atoms with E-state index in [-0.39, 0.29) is 23.0 Å². The molecule has 0 unspecified atom stereocenters. The van der Waals surface area contributed by atoms with E-state index in [0.29, 0.717) is 37.3 Å². The topological polar surface area (TPSA) is 53.5 Å². The molecule has 1 aromatic carbocycles. The number of likely N-dealkylation sites (tertiary alicyclic amines) is 1. The summed E-state index contributed by atoms with van der Waals surface area (Å²) in [5.74, 6) is -0.422. The Kier molecular flexibility index (Phi) is 3.75. The summed E-state index contributed by atoms with van der Waals surface area (Å²) in [6.45, 7) is 1.68. The normalized spacial score (nSPS) is 22.8. The highest BCUT2D eigenvalue weighted by Gasteiger charge is 2.48. The number of aromatic nitrogens is 1. The highest BCUT2D eigenvalue weighted by atomic mass is 19.1. The van der Waals surface area contributed by atoms with Gasteiger partial charge in [0.2, 0.25) is 5.91 Å². The number of amides is 2. The summed E-state index contributed by atoms with van der Waals surface area (Å²) in [6, 6.07) is 9.58. The van der Waals surface area contributed by atoms with Crippen LogP contribution in [0.3, 0.4) is 0 Å². The zero-order valence-electron chi connectivity index (χ0n) is 13.7. The van der Waals surface area contributed by atoms with Crippen LogP contribution in [0.4, 0.5) is 10.1 Å². The van der Waals surface area contributed by atoms with Gasteiger partial charge in [0.05, 0.1) is 5.56 Å². The summed E-state index contributed by atoms with van der Waals surface area (Å²) in [6.07, 6.45) is 4.36. The number of carbonyl (C=O) groups is 2. The Morgan fingerprint density at radius 1 is 1.20 bits per heavy atom. The van der Waals surface area contributed by atoms with Crippen molar-refractivity contribution in [3.63, 3.8) is 0 Å². The zero-order chi connectivity index (χ0) is 17.4. The average molecular weight is 339 g/mol. The van der Waals surface area contributed by atoms with Gasteiger partial charge < -0.3 is 9.80 Å². The molecule has 0 saturated carbocycles. The van der Waals surface area contributed by atoms with E-state index in [0.717, 1.165) is 6.42 Å². The van der Waals surface area contributed by atoms with E-state index in [4.69, 9.17) is 0 Å². The van der Waals surface area contributed by atoms with Gasteiger partial charge in [-0.1, -0.05) is 6.07 Å². The summed E-state index contributed by atoms with van der Waals surface area (Å²) in [7, 11) is 0. The minimum Gasteiger partial charge on any atom is -0.338 e. The molecule has 2 fully saturated rings. The number of halogens is 1. The average Bonchev–Trinajstić information content (AvgIpc) is 3.18. The number of anilines is 1. The van der Waals surface area contributed by atoms with E-state index in [1.54, 1.807) is 46.5 Å². The summed E-state index contributed by atoms with van der Waals surface area (Å²) in [5, 5.41) is 0. The van der Waals surface area contributed by atoms with Crippen molar-refractivity contribution in [2.75, 3.05) is 24.5 Å². The van der Waals surface area contributed by atoms with Crippen LogP contribution < -0.4 is 4.90 Å². The highest BCUT2D eigenvalue weighted by Crippen LogP contribution is 2.42. The molecule has 25 heavy (non-hydrogen) atoms. The monoisotopic (exact) mass is 339 g/mol. The lowest BCUT2D eigenvalue weighted by Crippen LogP contribution is -2.34. The molecule has 6 heteroatoms. The predicted octanol–water partition coefficient (Wildman–Crippen LogP) is 2.49. The van der Waals surface area contributed by atoms with Crippen LogP contribution in [0, 0.1) is 11.2 Å². The summed E-state index contributed by atoms with van der Waals surface area (Å²) >= 11 is 0. The van der Waals surface area contributed by atoms with Gasteiger partial charge in [0.1, 0.15) is 5.82 Å². The molecule has 2 amide bonds. The summed E-state index contributed by atoms with van der Waals surface area (Å²) in [4.78, 5) is 32.5. The van der Waals surface area contributed by atoms with E-state index >= 15 is 0 Å². The van der Waals surface area contributed by atoms with Gasteiger partial charge in [-0.25, -0.2) is 4.39 Å². The Balaban J connectivity index is 1.51. The van der Waals surface area contributed by atoms with Crippen LogP contribution in [-0.2, 0) is 4.79 Å². The van der Waals surface area contributed by atoms with Gasteiger partial charge in [-0.15, -0.1) is 0 Å². The lowest BCUT2D eigenvalue weighted by molar-refractivity contribution is -0.117. The number of hydrogen-bond donors (Lipinski definition) is 0. The van der Waals surface area contributed by atoms with Crippen molar-refractivity contribution in [1.29, 1.82) is 0 Å². The van der Waals surface area contributed by atoms with Gasteiger partial charge in [-0.3, -0.25) is 14.6 Å². The third kappa shape index (κ3) is 2.88. The van der Waals surface area contributed by atoms with Crippen molar-refractivity contribution in [1.82, 2.24) is 9.88 Å². The van der Waals surface area contributed by atoms with E-state index in [1.165, 1.54) is 12.1 Å². The number of carbonyl (C=O) groups excluding carboxylic acids is 2. The lowest BCUT2D eigenvalue weighted by atomic mass is 9.86. The maximum absolute atomic E-state index is 13.5. The minimum atomic E-state index is -0.356. The molecule has 1 aromatic heterocycles. The highest BCUT2D eigenvalue weighted by molar-refractivity contribution is 5.97. The fourth-order valence-corrected chi connectivity index (χ4v) is 3.83. The van der Waals surface area contributed by atoms with E-state index in [2.05, 4.69) is 4.98 Å². The van der Waals surface area contributed by atoms with Gasteiger partial charge >= 0.3 is 0 Å². The Labute approximate surface area is 145 Å². The van der Waals surface area contributed by atoms with E-state index in [9.17, 15) is 14.0 Å². The third-order valence-electron chi connectivity index (χ3n) is 5.07. The van der Waals surface area contributed by atoms with Crippen molar-refractivity contribution < 1.29 is 14.0 Å². The number of hydrogen-bond acceptors (Lipinski definition) is 3. The molecule has 2 saturated heterocycles. The second-order valence-electron chi connectivity index (χ2n) is 6.85. The van der Waals surface area contributed by atoms with Crippen molar-refractivity contribution in [2.45, 2.75) is 12.8 Å². The third-order valence-corrected chi connectivity index (χ3v) is 5.07. The van der Waals surface area contributed by atoms with E-state index in [1.807, 2.05) is 0 Å². The van der Waals surface area contributed by atoms with Crippen LogP contribution in [0.5, 0.6) is 0 Å². The first kappa shape index (κ1) is 15.7.